The van der Waals surface area contributed by atoms with Crippen LogP contribution in [-0.2, 0) is 17.6 Å². The van der Waals surface area contributed by atoms with E-state index in [2.05, 4.69) is 15.1 Å². The summed E-state index contributed by atoms with van der Waals surface area (Å²) < 4.78 is 11.1. The second-order valence-corrected chi connectivity index (χ2v) is 5.88. The highest BCUT2D eigenvalue weighted by Crippen LogP contribution is 2.27. The quantitative estimate of drug-likeness (QED) is 0.836. The molecule has 1 fully saturated rings. The summed E-state index contributed by atoms with van der Waals surface area (Å²) in [6.45, 7) is 1.49. The van der Waals surface area contributed by atoms with Crippen LogP contribution in [-0.4, -0.2) is 45.6 Å². The van der Waals surface area contributed by atoms with Crippen molar-refractivity contribution in [3.8, 4) is 0 Å². The first-order valence-electron chi connectivity index (χ1n) is 7.97. The van der Waals surface area contributed by atoms with Gasteiger partial charge in [-0.3, -0.25) is 14.8 Å². The van der Waals surface area contributed by atoms with Crippen molar-refractivity contribution in [3.63, 3.8) is 0 Å². The van der Waals surface area contributed by atoms with Crippen LogP contribution in [0.15, 0.2) is 23.1 Å². The Hall–Kier alpha value is -2.28. The number of ether oxygens (including phenoxy) is 1. The molecule has 120 valence electrons. The second kappa shape index (κ2) is 6.08. The van der Waals surface area contributed by atoms with Crippen LogP contribution in [0.25, 0.3) is 0 Å². The van der Waals surface area contributed by atoms with E-state index >= 15 is 0 Å². The zero-order valence-electron chi connectivity index (χ0n) is 12.8. The monoisotopic (exact) mass is 314 g/mol. The third kappa shape index (κ3) is 2.72. The Kier molecular flexibility index (Phi) is 3.78. The molecule has 4 rings (SSSR count). The Balaban J connectivity index is 1.53. The van der Waals surface area contributed by atoms with E-state index in [1.54, 1.807) is 23.5 Å². The Morgan fingerprint density at radius 3 is 3.04 bits per heavy atom. The number of nitrogens with zero attached hydrogens (tertiary/aromatic N) is 4. The highest BCUT2D eigenvalue weighted by Gasteiger charge is 2.31. The molecule has 3 heterocycles. The van der Waals surface area contributed by atoms with Crippen LogP contribution in [0.1, 0.15) is 46.5 Å². The fourth-order valence-corrected chi connectivity index (χ4v) is 3.19. The van der Waals surface area contributed by atoms with Crippen molar-refractivity contribution >= 4 is 5.91 Å². The van der Waals surface area contributed by atoms with Gasteiger partial charge >= 0.3 is 0 Å². The van der Waals surface area contributed by atoms with Gasteiger partial charge in [0.2, 0.25) is 0 Å². The lowest BCUT2D eigenvalue weighted by atomic mass is 9.96. The molecule has 1 unspecified atom stereocenters. The second-order valence-electron chi connectivity index (χ2n) is 5.88. The predicted octanol–water partition coefficient (Wildman–Crippen LogP) is 1.56. The molecule has 0 spiro atoms. The molecule has 0 aromatic carbocycles. The summed E-state index contributed by atoms with van der Waals surface area (Å²) in [5.41, 5.74) is 2.20. The van der Waals surface area contributed by atoms with E-state index in [0.717, 1.165) is 42.7 Å². The summed E-state index contributed by atoms with van der Waals surface area (Å²) in [4.78, 5) is 22.9. The highest BCUT2D eigenvalue weighted by molar-refractivity contribution is 5.94. The summed E-state index contributed by atoms with van der Waals surface area (Å²) >= 11 is 0. The number of hydrogen-bond donors (Lipinski definition) is 0. The first-order valence-corrected chi connectivity index (χ1v) is 7.97. The Bertz CT molecular complexity index is 701. The number of aromatic nitrogens is 3. The summed E-state index contributed by atoms with van der Waals surface area (Å²) in [6.07, 6.45) is 8.62. The lowest BCUT2D eigenvalue weighted by molar-refractivity contribution is -0.0252. The van der Waals surface area contributed by atoms with Gasteiger partial charge in [-0.15, -0.1) is 0 Å². The molecule has 23 heavy (non-hydrogen) atoms. The van der Waals surface area contributed by atoms with E-state index in [1.807, 2.05) is 0 Å². The molecule has 0 bridgehead atoms. The van der Waals surface area contributed by atoms with Gasteiger partial charge in [-0.1, -0.05) is 5.16 Å². The van der Waals surface area contributed by atoms with Crippen LogP contribution in [0.3, 0.4) is 0 Å². The number of amides is 1. The molecule has 0 saturated carbocycles. The molecule has 1 aliphatic heterocycles. The molecule has 1 amide bonds. The van der Waals surface area contributed by atoms with E-state index < -0.39 is 0 Å². The van der Waals surface area contributed by atoms with Crippen LogP contribution in [0.4, 0.5) is 0 Å². The number of carbonyl (C=O) groups excluding carboxylic acids is 1. The summed E-state index contributed by atoms with van der Waals surface area (Å²) in [5, 5.41) is 4.04. The topological polar surface area (TPSA) is 81.4 Å². The SMILES string of the molecule is O=C(c1noc2c1CCCC2)N1CCOC(c2cnccn2)C1. The molecule has 0 radical (unpaired) electrons. The minimum atomic E-state index is -0.246. The Labute approximate surface area is 133 Å². The van der Waals surface area contributed by atoms with Crippen molar-refractivity contribution in [2.75, 3.05) is 19.7 Å². The van der Waals surface area contributed by atoms with Crippen LogP contribution in [0, 0.1) is 0 Å². The fraction of sp³-hybridized carbons (Fsp3) is 0.500. The lowest BCUT2D eigenvalue weighted by Crippen LogP contribution is -2.43. The van der Waals surface area contributed by atoms with Crippen LogP contribution in [0.2, 0.25) is 0 Å². The standard InChI is InChI=1S/C16H18N4O3/c21-16(15-11-3-1-2-4-13(11)23-19-15)20-7-8-22-14(10-20)12-9-17-5-6-18-12/h5-6,9,14H,1-4,7-8,10H2. The van der Waals surface area contributed by atoms with Crippen LogP contribution >= 0.6 is 0 Å². The molecule has 1 saturated heterocycles. The van der Waals surface area contributed by atoms with Crippen molar-refractivity contribution in [1.82, 2.24) is 20.0 Å². The molecule has 2 aliphatic rings. The third-order valence-corrected chi connectivity index (χ3v) is 4.42. The predicted molar refractivity (Wildman–Crippen MR) is 79.8 cm³/mol. The van der Waals surface area contributed by atoms with Gasteiger partial charge in [0.1, 0.15) is 11.9 Å². The summed E-state index contributed by atoms with van der Waals surface area (Å²) in [5.74, 6) is 0.799. The van der Waals surface area contributed by atoms with Crippen LogP contribution in [0.5, 0.6) is 0 Å². The van der Waals surface area contributed by atoms with Gasteiger partial charge in [0.25, 0.3) is 5.91 Å². The Morgan fingerprint density at radius 1 is 1.26 bits per heavy atom. The van der Waals surface area contributed by atoms with Gasteiger partial charge in [0, 0.05) is 30.9 Å². The molecule has 2 aromatic heterocycles. The van der Waals surface area contributed by atoms with Crippen molar-refractivity contribution in [2.24, 2.45) is 0 Å². The third-order valence-electron chi connectivity index (χ3n) is 4.42. The average Bonchev–Trinajstić information content (AvgIpc) is 3.06. The van der Waals surface area contributed by atoms with Crippen LogP contribution < -0.4 is 0 Å². The van der Waals surface area contributed by atoms with Gasteiger partial charge in [-0.05, 0) is 19.3 Å². The molecule has 0 N–H and O–H groups in total. The zero-order valence-corrected chi connectivity index (χ0v) is 12.8. The number of fused-ring (bicyclic) bond motifs is 1. The average molecular weight is 314 g/mol. The largest absolute Gasteiger partial charge is 0.368 e. The van der Waals surface area contributed by atoms with Gasteiger partial charge < -0.3 is 14.2 Å². The number of hydrogen-bond acceptors (Lipinski definition) is 6. The molecule has 7 heteroatoms. The lowest BCUT2D eigenvalue weighted by Gasteiger charge is -2.32. The van der Waals surface area contributed by atoms with E-state index in [9.17, 15) is 4.79 Å². The fourth-order valence-electron chi connectivity index (χ4n) is 3.19. The number of rotatable bonds is 2. The number of morpholine rings is 1. The minimum Gasteiger partial charge on any atom is -0.368 e. The van der Waals surface area contributed by atoms with Crippen molar-refractivity contribution < 1.29 is 14.1 Å². The normalized spacial score (nSPS) is 21.0. The summed E-state index contributed by atoms with van der Waals surface area (Å²) in [7, 11) is 0. The number of aryl methyl sites for hydroxylation is 1. The molecule has 1 atom stereocenters. The minimum absolute atomic E-state index is 0.0749. The highest BCUT2D eigenvalue weighted by atomic mass is 16.5. The van der Waals surface area contributed by atoms with Gasteiger partial charge in [-0.25, -0.2) is 0 Å². The van der Waals surface area contributed by atoms with Gasteiger partial charge in [0.15, 0.2) is 5.69 Å². The first-order chi connectivity index (χ1) is 11.3. The van der Waals surface area contributed by atoms with E-state index in [-0.39, 0.29) is 12.0 Å². The smallest absolute Gasteiger partial charge is 0.276 e. The van der Waals surface area contributed by atoms with E-state index in [4.69, 9.17) is 9.26 Å². The first kappa shape index (κ1) is 14.3. The molecule has 7 nitrogen and oxygen atoms in total. The van der Waals surface area contributed by atoms with Gasteiger partial charge in [-0.2, -0.15) is 0 Å². The van der Waals surface area contributed by atoms with Gasteiger partial charge in [0.05, 0.1) is 25.0 Å². The molecule has 2 aromatic rings. The van der Waals surface area contributed by atoms with Crippen molar-refractivity contribution in [1.29, 1.82) is 0 Å². The maximum Gasteiger partial charge on any atom is 0.276 e. The summed E-state index contributed by atoms with van der Waals surface area (Å²) in [6, 6.07) is 0. The maximum atomic E-state index is 12.8. The Morgan fingerprint density at radius 2 is 2.17 bits per heavy atom. The number of carbonyl (C=O) groups is 1. The van der Waals surface area contributed by atoms with Crippen molar-refractivity contribution in [3.05, 3.63) is 41.3 Å². The van der Waals surface area contributed by atoms with Crippen molar-refractivity contribution in [2.45, 2.75) is 31.8 Å². The molecular weight excluding hydrogens is 296 g/mol. The van der Waals surface area contributed by atoms with E-state index in [1.165, 1.54) is 0 Å². The van der Waals surface area contributed by atoms with E-state index in [0.29, 0.717) is 25.4 Å². The zero-order chi connectivity index (χ0) is 15.6. The molecular formula is C16H18N4O3. The maximum absolute atomic E-state index is 12.8. The molecule has 1 aliphatic carbocycles.